The molecule has 0 heterocycles. The largest absolute Gasteiger partial charge is 0.496 e. The van der Waals surface area contributed by atoms with Crippen LogP contribution >= 0.6 is 0 Å². The molecule has 1 aromatic carbocycles. The number of ether oxygens (including phenoxy) is 2. The molecule has 0 aliphatic carbocycles. The number of methoxy groups -OCH3 is 2. The fourth-order valence-electron chi connectivity index (χ4n) is 1.47. The molecule has 0 bridgehead atoms. The minimum Gasteiger partial charge on any atom is -0.496 e. The molecule has 1 aromatic rings. The minimum absolute atomic E-state index is 0.0218. The Labute approximate surface area is 118 Å². The molecule has 0 amide bonds. The van der Waals surface area contributed by atoms with E-state index in [9.17, 15) is 13.2 Å². The van der Waals surface area contributed by atoms with Crippen molar-refractivity contribution >= 4 is 17.6 Å². The first-order valence-electron chi connectivity index (χ1n) is 5.46. The van der Waals surface area contributed by atoms with E-state index in [0.717, 1.165) is 19.2 Å². The number of hydrogen-bond donors (Lipinski definition) is 3. The van der Waals surface area contributed by atoms with Gasteiger partial charge in [-0.1, -0.05) is 0 Å². The van der Waals surface area contributed by atoms with Crippen LogP contribution in [0.1, 0.15) is 5.56 Å². The van der Waals surface area contributed by atoms with Gasteiger partial charge in [0.05, 0.1) is 19.8 Å². The zero-order chi connectivity index (χ0) is 16.2. The van der Waals surface area contributed by atoms with Gasteiger partial charge >= 0.3 is 6.18 Å². The Bertz CT molecular complexity index is 580. The highest BCUT2D eigenvalue weighted by atomic mass is 19.4. The molecule has 0 unspecified atom stereocenters. The van der Waals surface area contributed by atoms with E-state index in [0.29, 0.717) is 0 Å². The first-order chi connectivity index (χ1) is 9.68. The second-order valence-electron chi connectivity index (χ2n) is 3.73. The summed E-state index contributed by atoms with van der Waals surface area (Å²) in [6.07, 6.45) is -4.63. The van der Waals surface area contributed by atoms with Gasteiger partial charge in [-0.05, 0) is 6.07 Å². The lowest BCUT2D eigenvalue weighted by molar-refractivity contribution is -0.138. The van der Waals surface area contributed by atoms with Crippen LogP contribution in [0.4, 0.5) is 18.9 Å². The van der Waals surface area contributed by atoms with E-state index >= 15 is 0 Å². The lowest BCUT2D eigenvalue weighted by Gasteiger charge is -2.14. The summed E-state index contributed by atoms with van der Waals surface area (Å²) < 4.78 is 48.4. The Morgan fingerprint density at radius 2 is 1.62 bits per heavy atom. The van der Waals surface area contributed by atoms with Crippen molar-refractivity contribution < 1.29 is 22.6 Å². The molecular formula is C11H14F3N5O2. The Kier molecular flexibility index (Phi) is 4.84. The number of halogens is 3. The molecule has 116 valence electrons. The Hall–Kier alpha value is -2.65. The second-order valence-corrected chi connectivity index (χ2v) is 3.73. The molecule has 0 aliphatic heterocycles. The highest BCUT2D eigenvalue weighted by Crippen LogP contribution is 2.42. The predicted molar refractivity (Wildman–Crippen MR) is 71.6 cm³/mol. The Morgan fingerprint density at radius 1 is 1.05 bits per heavy atom. The predicted octanol–water partition coefficient (Wildman–Crippen LogP) is 0.942. The maximum absolute atomic E-state index is 12.9. The average molecular weight is 305 g/mol. The molecule has 21 heavy (non-hydrogen) atoms. The number of nitrogens with two attached hydrogens (primary N) is 3. The van der Waals surface area contributed by atoms with Crippen molar-refractivity contribution in [1.82, 2.24) is 0 Å². The summed E-state index contributed by atoms with van der Waals surface area (Å²) in [4.78, 5) is 7.10. The monoisotopic (exact) mass is 305 g/mol. The van der Waals surface area contributed by atoms with Crippen LogP contribution in [0.2, 0.25) is 0 Å². The number of alkyl halides is 3. The fourth-order valence-corrected chi connectivity index (χ4v) is 1.47. The van der Waals surface area contributed by atoms with Gasteiger partial charge in [0.2, 0.25) is 5.96 Å². The first kappa shape index (κ1) is 16.4. The van der Waals surface area contributed by atoms with Gasteiger partial charge in [0.25, 0.3) is 0 Å². The van der Waals surface area contributed by atoms with E-state index < -0.39 is 23.4 Å². The molecule has 0 aromatic heterocycles. The third-order valence-corrected chi connectivity index (χ3v) is 2.29. The molecular weight excluding hydrogens is 291 g/mol. The average Bonchev–Trinajstić information content (AvgIpc) is 2.36. The number of nitrogens with zero attached hydrogens (tertiary/aromatic N) is 2. The number of aliphatic imine (C=N–C) groups is 2. The molecule has 0 fully saturated rings. The van der Waals surface area contributed by atoms with Crippen molar-refractivity contribution in [3.05, 3.63) is 17.7 Å². The maximum atomic E-state index is 12.9. The molecule has 0 saturated heterocycles. The molecule has 7 nitrogen and oxygen atoms in total. The molecule has 0 aliphatic rings. The highest BCUT2D eigenvalue weighted by Gasteiger charge is 2.35. The van der Waals surface area contributed by atoms with Crippen molar-refractivity contribution in [3.63, 3.8) is 0 Å². The number of guanidine groups is 2. The summed E-state index contributed by atoms with van der Waals surface area (Å²) in [6, 6.07) is 1.78. The SMILES string of the molecule is COc1cc(OC)c(C(F)(F)F)cc1N=C(N)N=C(N)N. The molecule has 6 N–H and O–H groups in total. The van der Waals surface area contributed by atoms with Crippen molar-refractivity contribution in [2.24, 2.45) is 27.2 Å². The number of hydrogen-bond acceptors (Lipinski definition) is 3. The summed E-state index contributed by atoms with van der Waals surface area (Å²) in [7, 11) is 2.37. The zero-order valence-electron chi connectivity index (χ0n) is 11.2. The first-order valence-corrected chi connectivity index (χ1v) is 5.46. The van der Waals surface area contributed by atoms with Gasteiger partial charge < -0.3 is 26.7 Å². The minimum atomic E-state index is -4.63. The van der Waals surface area contributed by atoms with Gasteiger partial charge in [0.15, 0.2) is 5.96 Å². The van der Waals surface area contributed by atoms with E-state index in [2.05, 4.69) is 9.98 Å². The molecule has 0 saturated carbocycles. The normalized spacial score (nSPS) is 12.0. The van der Waals surface area contributed by atoms with Gasteiger partial charge in [0, 0.05) is 6.07 Å². The highest BCUT2D eigenvalue weighted by molar-refractivity contribution is 5.94. The zero-order valence-corrected chi connectivity index (χ0v) is 11.2. The van der Waals surface area contributed by atoms with E-state index in [4.69, 9.17) is 26.7 Å². The molecule has 10 heteroatoms. The Morgan fingerprint density at radius 3 is 2.05 bits per heavy atom. The molecule has 0 radical (unpaired) electrons. The summed E-state index contributed by atoms with van der Waals surface area (Å²) in [5, 5.41) is 0. The van der Waals surface area contributed by atoms with Crippen molar-refractivity contribution in [3.8, 4) is 11.5 Å². The number of benzene rings is 1. The van der Waals surface area contributed by atoms with Crippen molar-refractivity contribution in [2.75, 3.05) is 14.2 Å². The third kappa shape index (κ3) is 4.16. The topological polar surface area (TPSA) is 121 Å². The van der Waals surface area contributed by atoms with Gasteiger partial charge in [-0.3, -0.25) is 0 Å². The quantitative estimate of drug-likeness (QED) is 0.567. The van der Waals surface area contributed by atoms with Crippen LogP contribution in [-0.2, 0) is 6.18 Å². The van der Waals surface area contributed by atoms with E-state index in [1.54, 1.807) is 0 Å². The van der Waals surface area contributed by atoms with Gasteiger partial charge in [-0.25, -0.2) is 4.99 Å². The van der Waals surface area contributed by atoms with Crippen LogP contribution in [0.25, 0.3) is 0 Å². The summed E-state index contributed by atoms with van der Waals surface area (Å²) >= 11 is 0. The smallest absolute Gasteiger partial charge is 0.420 e. The molecule has 0 atom stereocenters. The van der Waals surface area contributed by atoms with E-state index in [-0.39, 0.29) is 17.4 Å². The molecule has 1 rings (SSSR count). The maximum Gasteiger partial charge on any atom is 0.420 e. The van der Waals surface area contributed by atoms with E-state index in [1.807, 2.05) is 0 Å². The summed E-state index contributed by atoms with van der Waals surface area (Å²) in [6.45, 7) is 0. The summed E-state index contributed by atoms with van der Waals surface area (Å²) in [5.41, 5.74) is 14.4. The van der Waals surface area contributed by atoms with Gasteiger partial charge in [-0.2, -0.15) is 18.2 Å². The van der Waals surface area contributed by atoms with Crippen LogP contribution < -0.4 is 26.7 Å². The van der Waals surface area contributed by atoms with Gasteiger partial charge in [0.1, 0.15) is 17.2 Å². The number of rotatable bonds is 3. The van der Waals surface area contributed by atoms with Crippen molar-refractivity contribution in [2.45, 2.75) is 6.18 Å². The third-order valence-electron chi connectivity index (χ3n) is 2.29. The van der Waals surface area contributed by atoms with Crippen LogP contribution in [0, 0.1) is 0 Å². The second kappa shape index (κ2) is 6.20. The van der Waals surface area contributed by atoms with Crippen LogP contribution in [-0.4, -0.2) is 26.1 Å². The lowest BCUT2D eigenvalue weighted by atomic mass is 10.1. The van der Waals surface area contributed by atoms with Gasteiger partial charge in [-0.15, -0.1) is 0 Å². The standard InChI is InChI=1S/C11H14F3N5O2/c1-20-7-4-8(21-2)6(3-5(7)11(12,13)14)18-10(17)19-9(15)16/h3-4H,1-2H3,(H6,15,16,17,18,19). The van der Waals surface area contributed by atoms with E-state index in [1.165, 1.54) is 7.11 Å². The lowest BCUT2D eigenvalue weighted by Crippen LogP contribution is -2.26. The fraction of sp³-hybridized carbons (Fsp3) is 0.273. The van der Waals surface area contributed by atoms with Crippen molar-refractivity contribution in [1.29, 1.82) is 0 Å². The van der Waals surface area contributed by atoms with Crippen LogP contribution in [0.15, 0.2) is 22.1 Å². The van der Waals surface area contributed by atoms with Crippen LogP contribution in [0.3, 0.4) is 0 Å². The summed E-state index contributed by atoms with van der Waals surface area (Å²) in [5.74, 6) is -1.17. The van der Waals surface area contributed by atoms with Crippen LogP contribution in [0.5, 0.6) is 11.5 Å². The molecule has 0 spiro atoms. The Balaban J connectivity index is 3.48.